The van der Waals surface area contributed by atoms with E-state index in [0.29, 0.717) is 0 Å². The van der Waals surface area contributed by atoms with E-state index >= 15 is 0 Å². The van der Waals surface area contributed by atoms with Gasteiger partial charge in [0.25, 0.3) is 0 Å². The van der Waals surface area contributed by atoms with E-state index < -0.39 is 29.3 Å². The van der Waals surface area contributed by atoms with Crippen LogP contribution >= 0.6 is 15.9 Å². The summed E-state index contributed by atoms with van der Waals surface area (Å²) in [5.41, 5.74) is -0.420. The number of anilines is 1. The van der Waals surface area contributed by atoms with Crippen LogP contribution in [0.2, 0.25) is 0 Å². The number of halogens is 3. The molecule has 1 atom stereocenters. The lowest BCUT2D eigenvalue weighted by Crippen LogP contribution is -2.43. The highest BCUT2D eigenvalue weighted by molar-refractivity contribution is 9.10. The summed E-state index contributed by atoms with van der Waals surface area (Å²) in [6.45, 7) is 1.43. The van der Waals surface area contributed by atoms with Crippen molar-refractivity contribution in [2.75, 3.05) is 11.4 Å². The number of nitrogens with one attached hydrogen (secondary N) is 1. The number of hydrogen-bond acceptors (Lipinski definition) is 2. The number of rotatable bonds is 1. The summed E-state index contributed by atoms with van der Waals surface area (Å²) in [6, 6.07) is 1.35. The third-order valence-corrected chi connectivity index (χ3v) is 3.29. The van der Waals surface area contributed by atoms with E-state index in [0.717, 1.165) is 17.0 Å². The van der Waals surface area contributed by atoms with Gasteiger partial charge < -0.3 is 10.2 Å². The van der Waals surface area contributed by atoms with Crippen molar-refractivity contribution in [1.29, 1.82) is 0 Å². The fourth-order valence-corrected chi connectivity index (χ4v) is 2.35. The van der Waals surface area contributed by atoms with E-state index in [1.807, 2.05) is 0 Å². The Bertz CT molecular complexity index is 528. The van der Waals surface area contributed by atoms with Crippen LogP contribution < -0.4 is 10.2 Å². The summed E-state index contributed by atoms with van der Waals surface area (Å²) >= 11 is 2.97. The highest BCUT2D eigenvalue weighted by Crippen LogP contribution is 2.28. The molecule has 0 spiro atoms. The van der Waals surface area contributed by atoms with Gasteiger partial charge in [-0.2, -0.15) is 0 Å². The van der Waals surface area contributed by atoms with Gasteiger partial charge in [-0.3, -0.25) is 9.59 Å². The average Bonchev–Trinajstić information content (AvgIpc) is 2.41. The fraction of sp³-hybridized carbons (Fsp3) is 0.333. The molecule has 0 saturated carbocycles. The summed E-state index contributed by atoms with van der Waals surface area (Å²) in [7, 11) is 0. The highest BCUT2D eigenvalue weighted by atomic mass is 79.9. The third-order valence-electron chi connectivity index (χ3n) is 2.83. The molecule has 2 rings (SSSR count). The van der Waals surface area contributed by atoms with Gasteiger partial charge in [-0.15, -0.1) is 0 Å². The molecular formula is C12H11BrF2N2O2. The molecule has 2 amide bonds. The molecule has 0 bridgehead atoms. The molecule has 1 heterocycles. The van der Waals surface area contributed by atoms with E-state index in [4.69, 9.17) is 0 Å². The van der Waals surface area contributed by atoms with Crippen LogP contribution in [0.15, 0.2) is 16.6 Å². The van der Waals surface area contributed by atoms with Crippen molar-refractivity contribution < 1.29 is 18.4 Å². The Morgan fingerprint density at radius 2 is 1.89 bits per heavy atom. The second-order valence-corrected chi connectivity index (χ2v) is 5.16. The van der Waals surface area contributed by atoms with E-state index in [9.17, 15) is 18.4 Å². The van der Waals surface area contributed by atoms with E-state index in [1.54, 1.807) is 0 Å². The van der Waals surface area contributed by atoms with Gasteiger partial charge in [0.2, 0.25) is 11.8 Å². The van der Waals surface area contributed by atoms with Crippen molar-refractivity contribution in [2.45, 2.75) is 19.4 Å². The second kappa shape index (κ2) is 5.24. The molecule has 0 aromatic heterocycles. The van der Waals surface area contributed by atoms with Gasteiger partial charge in [-0.25, -0.2) is 8.78 Å². The lowest BCUT2D eigenvalue weighted by Gasteiger charge is -2.23. The fourth-order valence-electron chi connectivity index (χ4n) is 1.95. The molecule has 1 aliphatic rings. The topological polar surface area (TPSA) is 49.4 Å². The number of hydrogen-bond donors (Lipinski definition) is 1. The van der Waals surface area contributed by atoms with Crippen molar-refractivity contribution in [3.8, 4) is 0 Å². The number of benzene rings is 1. The molecule has 1 unspecified atom stereocenters. The Balaban J connectivity index is 2.45. The molecule has 1 aliphatic heterocycles. The zero-order valence-electron chi connectivity index (χ0n) is 10.0. The van der Waals surface area contributed by atoms with E-state index in [-0.39, 0.29) is 23.3 Å². The predicted molar refractivity (Wildman–Crippen MR) is 68.6 cm³/mol. The smallest absolute Gasteiger partial charge is 0.249 e. The molecule has 1 aromatic rings. The first kappa shape index (κ1) is 13.9. The number of nitrogens with zero attached hydrogens (tertiary/aromatic N) is 1. The van der Waals surface area contributed by atoms with Gasteiger partial charge in [0.1, 0.15) is 11.7 Å². The molecular weight excluding hydrogens is 322 g/mol. The molecule has 0 aliphatic carbocycles. The van der Waals surface area contributed by atoms with Crippen LogP contribution in [0.1, 0.15) is 13.3 Å². The highest BCUT2D eigenvalue weighted by Gasteiger charge is 2.31. The van der Waals surface area contributed by atoms with Crippen LogP contribution in [0, 0.1) is 11.6 Å². The van der Waals surface area contributed by atoms with Gasteiger partial charge in [0, 0.05) is 17.4 Å². The maximum Gasteiger partial charge on any atom is 0.249 e. The molecule has 1 fully saturated rings. The zero-order valence-corrected chi connectivity index (χ0v) is 11.6. The number of carbonyl (C=O) groups is 2. The van der Waals surface area contributed by atoms with Crippen LogP contribution in [0.25, 0.3) is 0 Å². The van der Waals surface area contributed by atoms with E-state index in [2.05, 4.69) is 21.2 Å². The zero-order chi connectivity index (χ0) is 14.2. The van der Waals surface area contributed by atoms with Gasteiger partial charge in [0.15, 0.2) is 11.6 Å². The summed E-state index contributed by atoms with van der Waals surface area (Å²) < 4.78 is 28.0. The standard InChI is InChI=1S/C12H11BrF2N2O2/c1-6-12(19)17(3-2-10(18)16-6)11-8(14)4-7(13)5-9(11)15/h4-6H,2-3H2,1H3,(H,16,18). The van der Waals surface area contributed by atoms with Crippen LogP contribution in [0.3, 0.4) is 0 Å². The molecule has 4 nitrogen and oxygen atoms in total. The van der Waals surface area contributed by atoms with Gasteiger partial charge in [-0.1, -0.05) is 15.9 Å². The molecule has 19 heavy (non-hydrogen) atoms. The largest absolute Gasteiger partial charge is 0.345 e. The first-order valence-corrected chi connectivity index (χ1v) is 6.44. The maximum absolute atomic E-state index is 13.9. The van der Waals surface area contributed by atoms with Crippen LogP contribution in [-0.2, 0) is 9.59 Å². The quantitative estimate of drug-likeness (QED) is 0.854. The third kappa shape index (κ3) is 2.75. The Kier molecular flexibility index (Phi) is 3.84. The lowest BCUT2D eigenvalue weighted by molar-refractivity contribution is -0.125. The van der Waals surface area contributed by atoms with Crippen molar-refractivity contribution in [3.05, 3.63) is 28.2 Å². The summed E-state index contributed by atoms with van der Waals surface area (Å²) in [5.74, 6) is -2.55. The Hall–Kier alpha value is -1.50. The van der Waals surface area contributed by atoms with Gasteiger partial charge in [0.05, 0.1) is 0 Å². The first-order valence-electron chi connectivity index (χ1n) is 5.65. The van der Waals surface area contributed by atoms with Crippen LogP contribution in [0.4, 0.5) is 14.5 Å². The number of carbonyl (C=O) groups excluding carboxylic acids is 2. The average molecular weight is 333 g/mol. The predicted octanol–water partition coefficient (Wildman–Crippen LogP) is 1.97. The lowest BCUT2D eigenvalue weighted by atomic mass is 10.2. The first-order chi connectivity index (χ1) is 8.90. The molecule has 1 N–H and O–H groups in total. The minimum Gasteiger partial charge on any atom is -0.345 e. The summed E-state index contributed by atoms with van der Waals surface area (Å²) in [4.78, 5) is 24.4. The molecule has 1 saturated heterocycles. The van der Waals surface area contributed by atoms with Gasteiger partial charge in [-0.05, 0) is 19.1 Å². The van der Waals surface area contributed by atoms with Gasteiger partial charge >= 0.3 is 0 Å². The number of amides is 2. The Morgan fingerprint density at radius 3 is 2.47 bits per heavy atom. The monoisotopic (exact) mass is 332 g/mol. The summed E-state index contributed by atoms with van der Waals surface area (Å²) in [6.07, 6.45) is 0.00498. The van der Waals surface area contributed by atoms with Crippen LogP contribution in [-0.4, -0.2) is 24.4 Å². The van der Waals surface area contributed by atoms with Crippen molar-refractivity contribution >= 4 is 33.4 Å². The Morgan fingerprint density at radius 1 is 1.32 bits per heavy atom. The molecule has 0 radical (unpaired) electrons. The minimum atomic E-state index is -0.846. The summed E-state index contributed by atoms with van der Waals surface area (Å²) in [5, 5.41) is 2.46. The molecule has 1 aromatic carbocycles. The van der Waals surface area contributed by atoms with Crippen molar-refractivity contribution in [2.24, 2.45) is 0 Å². The Labute approximate surface area is 116 Å². The second-order valence-electron chi connectivity index (χ2n) is 4.25. The molecule has 7 heteroatoms. The van der Waals surface area contributed by atoms with Crippen molar-refractivity contribution in [3.63, 3.8) is 0 Å². The van der Waals surface area contributed by atoms with E-state index in [1.165, 1.54) is 6.92 Å². The SMILES string of the molecule is CC1NC(=O)CCN(c2c(F)cc(Br)cc2F)C1=O. The van der Waals surface area contributed by atoms with Crippen LogP contribution in [0.5, 0.6) is 0 Å². The minimum absolute atomic E-state index is 0.00498. The normalized spacial score (nSPS) is 20.2. The maximum atomic E-state index is 13.9. The van der Waals surface area contributed by atoms with Crippen molar-refractivity contribution in [1.82, 2.24) is 5.32 Å². The molecule has 102 valence electrons.